The van der Waals surface area contributed by atoms with Gasteiger partial charge in [0.1, 0.15) is 12.1 Å². The first kappa shape index (κ1) is 21.5. The van der Waals surface area contributed by atoms with Crippen molar-refractivity contribution in [1.82, 2.24) is 10.2 Å². The van der Waals surface area contributed by atoms with Crippen LogP contribution in [0.5, 0.6) is 0 Å². The molecule has 3 atom stereocenters. The van der Waals surface area contributed by atoms with Crippen molar-refractivity contribution >= 4 is 18.0 Å². The number of aliphatic carboxylic acids is 1. The topological polar surface area (TPSA) is 95.9 Å². The van der Waals surface area contributed by atoms with Crippen LogP contribution >= 0.6 is 0 Å². The standard InChI is InChI=1S/C26H28N2O5/c1-26(2,24(31)28-12-11-19-20(13-28)22(19)23(29)30)27-25(32)33-14-21-17-9-5-3-7-15(17)16-8-4-6-10-18(16)21/h3-10,19-22H,11-14H2,1-2H3,(H,27,32)(H,29,30)/t19-,20+,22?/m1/s1. The summed E-state index contributed by atoms with van der Waals surface area (Å²) in [6.07, 6.45) is 0.0499. The second kappa shape index (κ2) is 7.90. The quantitative estimate of drug-likeness (QED) is 0.730. The Morgan fingerprint density at radius 1 is 1.03 bits per heavy atom. The molecule has 2 aliphatic carbocycles. The number of nitrogens with zero attached hydrogens (tertiary/aromatic N) is 1. The Bertz CT molecular complexity index is 1080. The van der Waals surface area contributed by atoms with Crippen molar-refractivity contribution in [2.75, 3.05) is 19.7 Å². The van der Waals surface area contributed by atoms with Crippen molar-refractivity contribution in [3.05, 3.63) is 59.7 Å². The molecule has 1 unspecified atom stereocenters. The van der Waals surface area contributed by atoms with Crippen molar-refractivity contribution in [2.45, 2.75) is 31.7 Å². The van der Waals surface area contributed by atoms with Crippen molar-refractivity contribution in [2.24, 2.45) is 17.8 Å². The van der Waals surface area contributed by atoms with Gasteiger partial charge >= 0.3 is 12.1 Å². The lowest BCUT2D eigenvalue weighted by Crippen LogP contribution is -2.57. The number of fused-ring (bicyclic) bond motifs is 4. The SMILES string of the molecule is CC(C)(NC(=O)OCC1c2ccccc2-c2ccccc21)C(=O)N1CC[C@H]2C(C(=O)O)[C@H]2C1. The Kier molecular flexibility index (Phi) is 5.15. The summed E-state index contributed by atoms with van der Waals surface area (Å²) < 4.78 is 5.59. The summed E-state index contributed by atoms with van der Waals surface area (Å²) in [4.78, 5) is 38.7. The predicted molar refractivity (Wildman–Crippen MR) is 122 cm³/mol. The number of alkyl carbamates (subject to hydrolysis) is 1. The summed E-state index contributed by atoms with van der Waals surface area (Å²) in [5.74, 6) is -1.21. The van der Waals surface area contributed by atoms with Crippen molar-refractivity contribution in [1.29, 1.82) is 0 Å². The fraction of sp³-hybridized carbons (Fsp3) is 0.423. The first-order valence-corrected chi connectivity index (χ1v) is 11.4. The molecule has 1 aliphatic heterocycles. The molecule has 2 amide bonds. The van der Waals surface area contributed by atoms with E-state index in [1.807, 2.05) is 24.3 Å². The summed E-state index contributed by atoms with van der Waals surface area (Å²) in [5.41, 5.74) is 3.41. The number of hydrogen-bond donors (Lipinski definition) is 2. The van der Waals surface area contributed by atoms with Gasteiger partial charge in [-0.05, 0) is 54.4 Å². The summed E-state index contributed by atoms with van der Waals surface area (Å²) in [6, 6.07) is 16.2. The average Bonchev–Trinajstić information content (AvgIpc) is 3.44. The smallest absolute Gasteiger partial charge is 0.408 e. The number of rotatable bonds is 5. The third kappa shape index (κ3) is 3.75. The first-order chi connectivity index (χ1) is 15.8. The Balaban J connectivity index is 1.21. The molecule has 5 rings (SSSR count). The third-order valence-corrected chi connectivity index (χ3v) is 7.36. The van der Waals surface area contributed by atoms with Crippen LogP contribution in [0.15, 0.2) is 48.5 Å². The molecular weight excluding hydrogens is 420 g/mol. The Labute approximate surface area is 192 Å². The Hall–Kier alpha value is -3.35. The molecule has 7 heteroatoms. The minimum atomic E-state index is -1.15. The van der Waals surface area contributed by atoms with Crippen LogP contribution in [0.4, 0.5) is 4.79 Å². The van der Waals surface area contributed by atoms with Crippen LogP contribution in [-0.4, -0.2) is 53.2 Å². The van der Waals surface area contributed by atoms with Crippen LogP contribution in [0.1, 0.15) is 37.3 Å². The maximum Gasteiger partial charge on any atom is 0.408 e. The molecule has 3 aliphatic rings. The highest BCUT2D eigenvalue weighted by atomic mass is 16.5. The van der Waals surface area contributed by atoms with E-state index < -0.39 is 17.6 Å². The molecule has 2 aromatic carbocycles. The van der Waals surface area contributed by atoms with E-state index in [-0.39, 0.29) is 36.2 Å². The number of carboxylic acids is 1. The fourth-order valence-corrected chi connectivity index (χ4v) is 5.63. The molecule has 0 aromatic heterocycles. The zero-order chi connectivity index (χ0) is 23.3. The van der Waals surface area contributed by atoms with Crippen LogP contribution < -0.4 is 5.32 Å². The van der Waals surface area contributed by atoms with Gasteiger partial charge in [-0.3, -0.25) is 9.59 Å². The lowest BCUT2D eigenvalue weighted by molar-refractivity contribution is -0.140. The van der Waals surface area contributed by atoms with Gasteiger partial charge in [0, 0.05) is 19.0 Å². The number of likely N-dealkylation sites (tertiary alicyclic amines) is 1. The third-order valence-electron chi connectivity index (χ3n) is 7.36. The molecular formula is C26H28N2O5. The second-order valence-electron chi connectivity index (χ2n) is 9.81. The fourth-order valence-electron chi connectivity index (χ4n) is 5.63. The highest BCUT2D eigenvalue weighted by Gasteiger charge is 2.58. The monoisotopic (exact) mass is 448 g/mol. The van der Waals surface area contributed by atoms with Crippen LogP contribution in [-0.2, 0) is 14.3 Å². The van der Waals surface area contributed by atoms with Crippen LogP contribution in [0.25, 0.3) is 11.1 Å². The molecule has 0 radical (unpaired) electrons. The van der Waals surface area contributed by atoms with Gasteiger partial charge in [-0.25, -0.2) is 4.79 Å². The van der Waals surface area contributed by atoms with Crippen molar-refractivity contribution in [3.63, 3.8) is 0 Å². The lowest BCUT2D eigenvalue weighted by Gasteiger charge is -2.34. The number of piperidine rings is 1. The number of ether oxygens (including phenoxy) is 1. The maximum absolute atomic E-state index is 13.1. The number of carbonyl (C=O) groups excluding carboxylic acids is 2. The van der Waals surface area contributed by atoms with Crippen molar-refractivity contribution in [3.8, 4) is 11.1 Å². The van der Waals surface area contributed by atoms with E-state index in [1.165, 1.54) is 0 Å². The van der Waals surface area contributed by atoms with E-state index in [9.17, 15) is 19.5 Å². The number of carboxylic acid groups (broad SMARTS) is 1. The van der Waals surface area contributed by atoms with E-state index in [1.54, 1.807) is 18.7 Å². The van der Waals surface area contributed by atoms with Gasteiger partial charge < -0.3 is 20.1 Å². The van der Waals surface area contributed by atoms with Gasteiger partial charge in [-0.15, -0.1) is 0 Å². The largest absolute Gasteiger partial charge is 0.481 e. The van der Waals surface area contributed by atoms with Crippen LogP contribution in [0.2, 0.25) is 0 Å². The molecule has 1 heterocycles. The minimum absolute atomic E-state index is 0.0189. The summed E-state index contributed by atoms with van der Waals surface area (Å²) in [5, 5.41) is 12.0. The number of carbonyl (C=O) groups is 3. The number of hydrogen-bond acceptors (Lipinski definition) is 4. The van der Waals surface area contributed by atoms with Gasteiger partial charge in [-0.2, -0.15) is 0 Å². The highest BCUT2D eigenvalue weighted by Crippen LogP contribution is 2.51. The maximum atomic E-state index is 13.1. The zero-order valence-electron chi connectivity index (χ0n) is 18.8. The van der Waals surface area contributed by atoms with Gasteiger partial charge in [-0.1, -0.05) is 48.5 Å². The minimum Gasteiger partial charge on any atom is -0.481 e. The highest BCUT2D eigenvalue weighted by molar-refractivity contribution is 5.89. The zero-order valence-corrected chi connectivity index (χ0v) is 18.8. The van der Waals surface area contributed by atoms with Gasteiger partial charge in [0.25, 0.3) is 0 Å². The summed E-state index contributed by atoms with van der Waals surface area (Å²) >= 11 is 0. The van der Waals surface area contributed by atoms with E-state index in [0.717, 1.165) is 22.3 Å². The van der Waals surface area contributed by atoms with Gasteiger partial charge in [0.15, 0.2) is 0 Å². The van der Waals surface area contributed by atoms with Crippen molar-refractivity contribution < 1.29 is 24.2 Å². The average molecular weight is 449 g/mol. The summed E-state index contributed by atoms with van der Waals surface area (Å²) in [6.45, 7) is 4.43. The number of benzene rings is 2. The Morgan fingerprint density at radius 2 is 1.64 bits per heavy atom. The van der Waals surface area contributed by atoms with E-state index in [0.29, 0.717) is 19.5 Å². The molecule has 0 spiro atoms. The molecule has 2 aromatic rings. The molecule has 2 N–H and O–H groups in total. The number of amides is 2. The molecule has 1 saturated carbocycles. The van der Waals surface area contributed by atoms with E-state index >= 15 is 0 Å². The van der Waals surface area contributed by atoms with E-state index in [2.05, 4.69) is 29.6 Å². The number of nitrogens with one attached hydrogen (secondary N) is 1. The second-order valence-corrected chi connectivity index (χ2v) is 9.81. The van der Waals surface area contributed by atoms with Gasteiger partial charge in [0.05, 0.1) is 5.92 Å². The molecule has 33 heavy (non-hydrogen) atoms. The predicted octanol–water partition coefficient (Wildman–Crippen LogP) is 3.48. The summed E-state index contributed by atoms with van der Waals surface area (Å²) in [7, 11) is 0. The first-order valence-electron chi connectivity index (χ1n) is 11.4. The van der Waals surface area contributed by atoms with Gasteiger partial charge in [0.2, 0.25) is 5.91 Å². The molecule has 2 fully saturated rings. The van der Waals surface area contributed by atoms with E-state index in [4.69, 9.17) is 4.74 Å². The normalized spacial score (nSPS) is 23.2. The molecule has 172 valence electrons. The van der Waals surface area contributed by atoms with Crippen LogP contribution in [0.3, 0.4) is 0 Å². The Morgan fingerprint density at radius 3 is 2.24 bits per heavy atom. The van der Waals surface area contributed by atoms with Crippen LogP contribution in [0, 0.1) is 17.8 Å². The lowest BCUT2D eigenvalue weighted by atomic mass is 9.98. The molecule has 1 saturated heterocycles. The molecule has 0 bridgehead atoms. The molecule has 7 nitrogen and oxygen atoms in total.